The fraction of sp³-hybridized carbons (Fsp3) is 0.846. The van der Waals surface area contributed by atoms with E-state index in [0.29, 0.717) is 12.8 Å². The van der Waals surface area contributed by atoms with Gasteiger partial charge in [0.25, 0.3) is 0 Å². The Labute approximate surface area is 107 Å². The quantitative estimate of drug-likeness (QED) is 0.611. The standard InChI is InChI=1S/C13H22O5/c1-3-7(2)13-8(15)4-11-12(18-13)5-10(17-11)9(16)6-14/h3,7-16H,1,4-6H2,2H3/t7-,8?,9?,10?,11?,12?,13?/m0/s1. The topological polar surface area (TPSA) is 79.2 Å². The third kappa shape index (κ3) is 2.60. The van der Waals surface area contributed by atoms with Crippen molar-refractivity contribution < 1.29 is 24.8 Å². The summed E-state index contributed by atoms with van der Waals surface area (Å²) in [6.45, 7) is 5.35. The molecule has 2 rings (SSSR count). The van der Waals surface area contributed by atoms with Crippen molar-refractivity contribution >= 4 is 0 Å². The van der Waals surface area contributed by atoms with Crippen molar-refractivity contribution in [3.8, 4) is 0 Å². The predicted octanol–water partition coefficient (Wildman–Crippen LogP) is -0.162. The molecule has 2 heterocycles. The molecule has 2 aliphatic heterocycles. The Hall–Kier alpha value is -0.460. The van der Waals surface area contributed by atoms with Crippen LogP contribution < -0.4 is 0 Å². The van der Waals surface area contributed by atoms with Crippen molar-refractivity contribution in [3.63, 3.8) is 0 Å². The Bertz CT molecular complexity index is 295. The number of aliphatic hydroxyl groups excluding tert-OH is 3. The van der Waals surface area contributed by atoms with E-state index in [1.165, 1.54) is 0 Å². The van der Waals surface area contributed by atoms with Gasteiger partial charge in [-0.1, -0.05) is 13.0 Å². The third-order valence-electron chi connectivity index (χ3n) is 3.92. The van der Waals surface area contributed by atoms with Crippen LogP contribution >= 0.6 is 0 Å². The minimum atomic E-state index is -0.883. The van der Waals surface area contributed by atoms with E-state index in [4.69, 9.17) is 14.6 Å². The van der Waals surface area contributed by atoms with Gasteiger partial charge in [0.15, 0.2) is 0 Å². The van der Waals surface area contributed by atoms with Crippen molar-refractivity contribution in [1.29, 1.82) is 0 Å². The summed E-state index contributed by atoms with van der Waals surface area (Å²) in [5.74, 6) is 0.0720. The van der Waals surface area contributed by atoms with E-state index in [1.54, 1.807) is 6.08 Å². The molecule has 2 fully saturated rings. The summed E-state index contributed by atoms with van der Waals surface area (Å²) in [5, 5.41) is 28.5. The molecule has 5 nitrogen and oxygen atoms in total. The first-order valence-electron chi connectivity index (χ1n) is 6.47. The molecule has 104 valence electrons. The van der Waals surface area contributed by atoms with Gasteiger partial charge in [-0.25, -0.2) is 0 Å². The Morgan fingerprint density at radius 1 is 1.33 bits per heavy atom. The van der Waals surface area contributed by atoms with Crippen LogP contribution in [-0.2, 0) is 9.47 Å². The van der Waals surface area contributed by atoms with Crippen LogP contribution in [0.25, 0.3) is 0 Å². The zero-order valence-corrected chi connectivity index (χ0v) is 10.6. The minimum absolute atomic E-state index is 0.0720. The van der Waals surface area contributed by atoms with Crippen LogP contribution in [0.3, 0.4) is 0 Å². The molecule has 0 aromatic carbocycles. The van der Waals surface area contributed by atoms with E-state index in [9.17, 15) is 10.2 Å². The highest BCUT2D eigenvalue weighted by molar-refractivity contribution is 4.97. The minimum Gasteiger partial charge on any atom is -0.394 e. The summed E-state index contributed by atoms with van der Waals surface area (Å²) < 4.78 is 11.5. The van der Waals surface area contributed by atoms with Crippen LogP contribution in [0.2, 0.25) is 0 Å². The summed E-state index contributed by atoms with van der Waals surface area (Å²) in [7, 11) is 0. The molecule has 2 aliphatic rings. The lowest BCUT2D eigenvalue weighted by Crippen LogP contribution is -2.47. The number of hydrogen-bond donors (Lipinski definition) is 3. The fourth-order valence-corrected chi connectivity index (χ4v) is 2.74. The lowest BCUT2D eigenvalue weighted by molar-refractivity contribution is -0.167. The van der Waals surface area contributed by atoms with E-state index in [2.05, 4.69) is 6.58 Å². The molecule has 0 bridgehead atoms. The molecule has 0 saturated carbocycles. The van der Waals surface area contributed by atoms with Gasteiger partial charge in [-0.3, -0.25) is 0 Å². The number of fused-ring (bicyclic) bond motifs is 1. The second kappa shape index (κ2) is 5.67. The number of ether oxygens (including phenoxy) is 2. The van der Waals surface area contributed by atoms with Gasteiger partial charge in [0.05, 0.1) is 37.1 Å². The maximum atomic E-state index is 10.0. The first-order valence-corrected chi connectivity index (χ1v) is 6.47. The van der Waals surface area contributed by atoms with Gasteiger partial charge in [-0.2, -0.15) is 0 Å². The van der Waals surface area contributed by atoms with Crippen molar-refractivity contribution in [2.45, 2.75) is 56.4 Å². The van der Waals surface area contributed by atoms with Crippen molar-refractivity contribution in [1.82, 2.24) is 0 Å². The largest absolute Gasteiger partial charge is 0.394 e. The Morgan fingerprint density at radius 3 is 2.61 bits per heavy atom. The zero-order valence-electron chi connectivity index (χ0n) is 10.6. The monoisotopic (exact) mass is 258 g/mol. The van der Waals surface area contributed by atoms with Crippen LogP contribution in [0.5, 0.6) is 0 Å². The van der Waals surface area contributed by atoms with Gasteiger partial charge in [-0.05, 0) is 0 Å². The second-order valence-electron chi connectivity index (χ2n) is 5.24. The lowest BCUT2D eigenvalue weighted by Gasteiger charge is -2.37. The van der Waals surface area contributed by atoms with E-state index >= 15 is 0 Å². The van der Waals surface area contributed by atoms with Gasteiger partial charge in [0.2, 0.25) is 0 Å². The highest BCUT2D eigenvalue weighted by atomic mass is 16.6. The molecule has 6 unspecified atom stereocenters. The number of aliphatic hydroxyl groups is 3. The summed E-state index contributed by atoms with van der Waals surface area (Å²) in [6, 6.07) is 0. The van der Waals surface area contributed by atoms with Crippen LogP contribution in [-0.4, -0.2) is 58.6 Å². The Kier molecular flexibility index (Phi) is 4.40. The molecule has 0 radical (unpaired) electrons. The zero-order chi connectivity index (χ0) is 13.3. The first-order chi connectivity index (χ1) is 8.56. The molecule has 2 saturated heterocycles. The van der Waals surface area contributed by atoms with Crippen LogP contribution in [0.1, 0.15) is 19.8 Å². The summed E-state index contributed by atoms with van der Waals surface area (Å²) in [6.07, 6.45) is 0.376. The highest BCUT2D eigenvalue weighted by Gasteiger charge is 2.46. The lowest BCUT2D eigenvalue weighted by atomic mass is 9.90. The van der Waals surface area contributed by atoms with Crippen LogP contribution in [0.4, 0.5) is 0 Å². The second-order valence-corrected chi connectivity index (χ2v) is 5.24. The summed E-state index contributed by atoms with van der Waals surface area (Å²) in [4.78, 5) is 0. The number of hydrogen-bond acceptors (Lipinski definition) is 5. The Morgan fingerprint density at radius 2 is 2.00 bits per heavy atom. The van der Waals surface area contributed by atoms with Crippen molar-refractivity contribution in [2.24, 2.45) is 5.92 Å². The molecule has 0 aromatic rings. The van der Waals surface area contributed by atoms with E-state index in [0.717, 1.165) is 0 Å². The van der Waals surface area contributed by atoms with Crippen molar-refractivity contribution in [3.05, 3.63) is 12.7 Å². The molecule has 7 atom stereocenters. The molecule has 0 aromatic heterocycles. The molecule has 0 amide bonds. The smallest absolute Gasteiger partial charge is 0.103 e. The van der Waals surface area contributed by atoms with E-state index in [-0.39, 0.29) is 30.8 Å². The number of rotatable bonds is 4. The molecular formula is C13H22O5. The Balaban J connectivity index is 1.99. The average Bonchev–Trinajstić information content (AvgIpc) is 2.78. The highest BCUT2D eigenvalue weighted by Crippen LogP contribution is 2.36. The first kappa shape index (κ1) is 14.0. The summed E-state index contributed by atoms with van der Waals surface area (Å²) >= 11 is 0. The SMILES string of the molecule is C=C[C@H](C)C1OC2CC(C(O)CO)OC2CC1O. The molecule has 0 spiro atoms. The summed E-state index contributed by atoms with van der Waals surface area (Å²) in [5.41, 5.74) is 0. The van der Waals surface area contributed by atoms with Crippen molar-refractivity contribution in [2.75, 3.05) is 6.61 Å². The third-order valence-corrected chi connectivity index (χ3v) is 3.92. The average molecular weight is 258 g/mol. The van der Waals surface area contributed by atoms with Gasteiger partial charge in [0, 0.05) is 18.8 Å². The van der Waals surface area contributed by atoms with Gasteiger partial charge >= 0.3 is 0 Å². The molecule has 18 heavy (non-hydrogen) atoms. The molecular weight excluding hydrogens is 236 g/mol. The van der Waals surface area contributed by atoms with Crippen LogP contribution in [0, 0.1) is 5.92 Å². The van der Waals surface area contributed by atoms with E-state index < -0.39 is 18.3 Å². The van der Waals surface area contributed by atoms with Gasteiger partial charge in [-0.15, -0.1) is 6.58 Å². The normalized spacial score (nSPS) is 43.2. The predicted molar refractivity (Wildman–Crippen MR) is 65.0 cm³/mol. The van der Waals surface area contributed by atoms with Gasteiger partial charge in [0.1, 0.15) is 6.10 Å². The molecule has 3 N–H and O–H groups in total. The maximum absolute atomic E-state index is 10.0. The van der Waals surface area contributed by atoms with Crippen LogP contribution in [0.15, 0.2) is 12.7 Å². The fourth-order valence-electron chi connectivity index (χ4n) is 2.74. The van der Waals surface area contributed by atoms with E-state index in [1.807, 2.05) is 6.92 Å². The molecule has 0 aliphatic carbocycles. The maximum Gasteiger partial charge on any atom is 0.103 e. The van der Waals surface area contributed by atoms with Gasteiger partial charge < -0.3 is 24.8 Å². The molecule has 5 heteroatoms.